The lowest BCUT2D eigenvalue weighted by molar-refractivity contribution is -0.120. The van der Waals surface area contributed by atoms with Crippen LogP contribution in [0.1, 0.15) is 40.2 Å². The molecule has 0 fully saturated rings. The van der Waals surface area contributed by atoms with Gasteiger partial charge >= 0.3 is 0 Å². The molecule has 0 radical (unpaired) electrons. The first-order chi connectivity index (χ1) is 9.20. The molecule has 0 unspecified atom stereocenters. The first-order valence-corrected chi connectivity index (χ1v) is 7.56. The molecule has 1 aromatic carbocycles. The Kier molecular flexibility index (Phi) is 5.75. The van der Waals surface area contributed by atoms with Crippen LogP contribution in [0.5, 0.6) is 0 Å². The second-order valence-corrected chi connectivity index (χ2v) is 7.79. The third-order valence-electron chi connectivity index (χ3n) is 2.52. The summed E-state index contributed by atoms with van der Waals surface area (Å²) in [5.41, 5.74) is 1.16. The Bertz CT molecular complexity index is 508. The topological polar surface area (TPSA) is 34.1 Å². The van der Waals surface area contributed by atoms with Crippen LogP contribution in [0.15, 0.2) is 35.9 Å². The Hall–Kier alpha value is -1.35. The molecule has 0 heterocycles. The van der Waals surface area contributed by atoms with Crippen molar-refractivity contribution >= 4 is 28.7 Å². The van der Waals surface area contributed by atoms with Crippen LogP contribution in [0.3, 0.4) is 0 Å². The highest BCUT2D eigenvalue weighted by Gasteiger charge is 2.25. The fourth-order valence-electron chi connectivity index (χ4n) is 1.59. The van der Waals surface area contributed by atoms with Crippen LogP contribution in [0.2, 0.25) is 0 Å². The molecule has 0 amide bonds. The standard InChI is InChI=1S/C17H22O2S/c1-12(2)15(18)14(16(19)20-17(3,4)5)11-13-9-7-6-8-10-13/h6-12H,1-5H3/b14-11-. The van der Waals surface area contributed by atoms with Crippen LogP contribution in [-0.4, -0.2) is 15.6 Å². The normalized spacial score (nSPS) is 12.6. The van der Waals surface area contributed by atoms with Crippen molar-refractivity contribution in [3.63, 3.8) is 0 Å². The third-order valence-corrected chi connectivity index (χ3v) is 3.54. The van der Waals surface area contributed by atoms with Crippen LogP contribution in [0.25, 0.3) is 6.08 Å². The molecule has 0 aliphatic carbocycles. The average Bonchev–Trinajstić information content (AvgIpc) is 2.34. The number of carbonyl (C=O) groups is 2. The maximum Gasteiger partial charge on any atom is 0.223 e. The third kappa shape index (κ3) is 5.33. The first kappa shape index (κ1) is 16.7. The number of rotatable bonds is 4. The molecule has 3 heteroatoms. The van der Waals surface area contributed by atoms with Gasteiger partial charge in [0.15, 0.2) is 5.78 Å². The summed E-state index contributed by atoms with van der Waals surface area (Å²) >= 11 is 1.20. The quantitative estimate of drug-likeness (QED) is 0.469. The lowest BCUT2D eigenvalue weighted by Gasteiger charge is -2.17. The number of hydrogen-bond donors (Lipinski definition) is 0. The molecular formula is C17H22O2S. The van der Waals surface area contributed by atoms with Gasteiger partial charge in [-0.15, -0.1) is 0 Å². The van der Waals surface area contributed by atoms with Gasteiger partial charge in [0.1, 0.15) is 0 Å². The van der Waals surface area contributed by atoms with E-state index in [9.17, 15) is 9.59 Å². The maximum absolute atomic E-state index is 12.4. The minimum Gasteiger partial charge on any atom is -0.294 e. The number of hydrogen-bond acceptors (Lipinski definition) is 3. The van der Waals surface area contributed by atoms with Crippen LogP contribution in [0, 0.1) is 5.92 Å². The van der Waals surface area contributed by atoms with Gasteiger partial charge in [-0.3, -0.25) is 9.59 Å². The Morgan fingerprint density at radius 2 is 1.65 bits per heavy atom. The summed E-state index contributed by atoms with van der Waals surface area (Å²) in [6.07, 6.45) is 1.70. The molecule has 20 heavy (non-hydrogen) atoms. The van der Waals surface area contributed by atoms with Gasteiger partial charge in [0.25, 0.3) is 0 Å². The van der Waals surface area contributed by atoms with Gasteiger partial charge in [0.2, 0.25) is 5.12 Å². The van der Waals surface area contributed by atoms with E-state index in [0.29, 0.717) is 0 Å². The molecule has 0 saturated carbocycles. The van der Waals surface area contributed by atoms with Crippen LogP contribution in [0.4, 0.5) is 0 Å². The smallest absolute Gasteiger partial charge is 0.223 e. The van der Waals surface area contributed by atoms with E-state index < -0.39 is 0 Å². The molecule has 1 rings (SSSR count). The minimum absolute atomic E-state index is 0.101. The molecule has 0 aliphatic heterocycles. The van der Waals surface area contributed by atoms with E-state index in [1.54, 1.807) is 6.08 Å². The average molecular weight is 290 g/mol. The zero-order valence-electron chi connectivity index (χ0n) is 12.8. The summed E-state index contributed by atoms with van der Waals surface area (Å²) in [5.74, 6) is -0.287. The number of Topliss-reactive ketones (excluding diaryl/α,β-unsaturated/α-hetero) is 1. The molecule has 0 spiro atoms. The van der Waals surface area contributed by atoms with E-state index in [-0.39, 0.29) is 27.1 Å². The van der Waals surface area contributed by atoms with Crippen molar-refractivity contribution in [3.05, 3.63) is 41.5 Å². The highest BCUT2D eigenvalue weighted by molar-refractivity contribution is 8.15. The lowest BCUT2D eigenvalue weighted by atomic mass is 10.00. The highest BCUT2D eigenvalue weighted by Crippen LogP contribution is 2.28. The van der Waals surface area contributed by atoms with Crippen molar-refractivity contribution in [2.75, 3.05) is 0 Å². The summed E-state index contributed by atoms with van der Waals surface area (Å²) in [6, 6.07) is 9.48. The van der Waals surface area contributed by atoms with E-state index in [1.807, 2.05) is 65.0 Å². The number of ketones is 1. The van der Waals surface area contributed by atoms with E-state index in [0.717, 1.165) is 5.56 Å². The van der Waals surface area contributed by atoms with Gasteiger partial charge in [0.05, 0.1) is 5.57 Å². The van der Waals surface area contributed by atoms with Gasteiger partial charge in [0, 0.05) is 10.7 Å². The Morgan fingerprint density at radius 1 is 1.10 bits per heavy atom. The summed E-state index contributed by atoms with van der Waals surface area (Å²) in [7, 11) is 0. The molecule has 0 aromatic heterocycles. The second kappa shape index (κ2) is 6.89. The first-order valence-electron chi connectivity index (χ1n) is 6.75. The van der Waals surface area contributed by atoms with Crippen LogP contribution >= 0.6 is 11.8 Å². The lowest BCUT2D eigenvalue weighted by Crippen LogP contribution is -2.20. The molecule has 108 valence electrons. The van der Waals surface area contributed by atoms with Crippen molar-refractivity contribution < 1.29 is 9.59 Å². The molecular weight excluding hydrogens is 268 g/mol. The van der Waals surface area contributed by atoms with Crippen LogP contribution < -0.4 is 0 Å². The van der Waals surface area contributed by atoms with E-state index in [4.69, 9.17) is 0 Å². The highest BCUT2D eigenvalue weighted by atomic mass is 32.2. The van der Waals surface area contributed by atoms with Crippen molar-refractivity contribution in [2.45, 2.75) is 39.4 Å². The SMILES string of the molecule is CC(C)C(=O)/C(=C/c1ccccc1)C(=O)SC(C)(C)C. The van der Waals surface area contributed by atoms with Gasteiger partial charge in [-0.05, 0) is 11.6 Å². The van der Waals surface area contributed by atoms with Crippen LogP contribution in [-0.2, 0) is 9.59 Å². The predicted molar refractivity (Wildman–Crippen MR) is 86.6 cm³/mol. The molecule has 1 aromatic rings. The monoisotopic (exact) mass is 290 g/mol. The fraction of sp³-hybridized carbons (Fsp3) is 0.412. The number of carbonyl (C=O) groups excluding carboxylic acids is 2. The van der Waals surface area contributed by atoms with Gasteiger partial charge in [-0.25, -0.2) is 0 Å². The summed E-state index contributed by atoms with van der Waals surface area (Å²) < 4.78 is -0.204. The number of benzene rings is 1. The molecule has 0 atom stereocenters. The zero-order chi connectivity index (χ0) is 15.3. The Balaban J connectivity index is 3.13. The van der Waals surface area contributed by atoms with Crippen molar-refractivity contribution in [1.29, 1.82) is 0 Å². The van der Waals surface area contributed by atoms with Gasteiger partial charge in [-0.1, -0.05) is 76.7 Å². The molecule has 2 nitrogen and oxygen atoms in total. The molecule has 0 saturated heterocycles. The van der Waals surface area contributed by atoms with Crippen molar-refractivity contribution in [2.24, 2.45) is 5.92 Å². The predicted octanol–water partition coefficient (Wildman–Crippen LogP) is 4.35. The Morgan fingerprint density at radius 3 is 2.10 bits per heavy atom. The van der Waals surface area contributed by atoms with Crippen molar-refractivity contribution in [3.8, 4) is 0 Å². The molecule has 0 N–H and O–H groups in total. The summed E-state index contributed by atoms with van der Waals surface area (Å²) in [5, 5.41) is -0.153. The van der Waals surface area contributed by atoms with Gasteiger partial charge < -0.3 is 0 Å². The van der Waals surface area contributed by atoms with E-state index >= 15 is 0 Å². The molecule has 0 aliphatic rings. The molecule has 0 bridgehead atoms. The van der Waals surface area contributed by atoms with Crippen molar-refractivity contribution in [1.82, 2.24) is 0 Å². The fourth-order valence-corrected chi connectivity index (χ4v) is 2.42. The largest absolute Gasteiger partial charge is 0.294 e. The second-order valence-electron chi connectivity index (χ2n) is 5.99. The Labute approximate surface area is 125 Å². The van der Waals surface area contributed by atoms with Gasteiger partial charge in [-0.2, -0.15) is 0 Å². The maximum atomic E-state index is 12.4. The minimum atomic E-state index is -0.204. The number of thioether (sulfide) groups is 1. The summed E-state index contributed by atoms with van der Waals surface area (Å²) in [6.45, 7) is 9.53. The van der Waals surface area contributed by atoms with E-state index in [2.05, 4.69) is 0 Å². The van der Waals surface area contributed by atoms with E-state index in [1.165, 1.54) is 11.8 Å². The summed E-state index contributed by atoms with van der Waals surface area (Å²) in [4.78, 5) is 24.7. The zero-order valence-corrected chi connectivity index (χ0v) is 13.6.